The fraction of sp³-hybridized carbons (Fsp3) is 0.318. The van der Waals surface area contributed by atoms with E-state index < -0.39 is 17.1 Å². The summed E-state index contributed by atoms with van der Waals surface area (Å²) >= 11 is 4.36. The zero-order valence-corrected chi connectivity index (χ0v) is 19.9. The number of esters is 1. The molecule has 2 heterocycles. The Morgan fingerprint density at radius 1 is 1.20 bits per heavy atom. The summed E-state index contributed by atoms with van der Waals surface area (Å²) in [4.78, 5) is 38.1. The molecule has 1 fully saturated rings. The molecule has 8 heteroatoms. The molecule has 2 amide bonds. The molecule has 1 aromatic heterocycles. The van der Waals surface area contributed by atoms with Crippen molar-refractivity contribution < 1.29 is 19.1 Å². The normalized spacial score (nSPS) is 15.6. The number of aryl methyl sites for hydroxylation is 2. The molecular formula is C22H23BrN2O4S. The number of halogens is 1. The molecule has 0 N–H and O–H groups in total. The molecular weight excluding hydrogens is 468 g/mol. The highest BCUT2D eigenvalue weighted by atomic mass is 79.9. The van der Waals surface area contributed by atoms with Gasteiger partial charge < -0.3 is 9.30 Å². The molecule has 6 nitrogen and oxygen atoms in total. The van der Waals surface area contributed by atoms with Crippen LogP contribution in [0, 0.1) is 20.8 Å². The Morgan fingerprint density at radius 3 is 2.53 bits per heavy atom. The first-order chi connectivity index (χ1) is 14.1. The highest BCUT2D eigenvalue weighted by Gasteiger charge is 2.37. The van der Waals surface area contributed by atoms with E-state index in [0.29, 0.717) is 4.91 Å². The number of benzene rings is 1. The van der Waals surface area contributed by atoms with E-state index in [1.165, 1.54) is 0 Å². The van der Waals surface area contributed by atoms with Gasteiger partial charge in [-0.25, -0.2) is 0 Å². The minimum absolute atomic E-state index is 0.296. The molecule has 0 bridgehead atoms. The van der Waals surface area contributed by atoms with Gasteiger partial charge in [-0.1, -0.05) is 15.9 Å². The maximum Gasteiger partial charge on any atom is 0.326 e. The maximum absolute atomic E-state index is 12.7. The number of aromatic nitrogens is 1. The number of rotatable bonds is 5. The van der Waals surface area contributed by atoms with Crippen LogP contribution >= 0.6 is 27.7 Å². The molecule has 0 saturated carbocycles. The van der Waals surface area contributed by atoms with Crippen molar-refractivity contribution in [3.05, 3.63) is 56.2 Å². The van der Waals surface area contributed by atoms with Gasteiger partial charge in [0.25, 0.3) is 11.1 Å². The zero-order chi connectivity index (χ0) is 22.2. The van der Waals surface area contributed by atoms with Gasteiger partial charge in [-0.2, -0.15) is 0 Å². The Labute approximate surface area is 188 Å². The lowest BCUT2D eigenvalue weighted by Gasteiger charge is -2.13. The smallest absolute Gasteiger partial charge is 0.326 e. The quantitative estimate of drug-likeness (QED) is 0.427. The van der Waals surface area contributed by atoms with Crippen LogP contribution in [0.3, 0.4) is 0 Å². The third-order valence-electron chi connectivity index (χ3n) is 4.68. The number of carbonyl (C=O) groups excluding carboxylic acids is 3. The number of hydrogen-bond donors (Lipinski definition) is 0. The summed E-state index contributed by atoms with van der Waals surface area (Å²) in [6.45, 7) is 9.05. The van der Waals surface area contributed by atoms with E-state index in [0.717, 1.165) is 49.3 Å². The fourth-order valence-electron chi connectivity index (χ4n) is 3.31. The van der Waals surface area contributed by atoms with Gasteiger partial charge in [-0.3, -0.25) is 19.3 Å². The Kier molecular flexibility index (Phi) is 6.57. The maximum atomic E-state index is 12.7. The third-order valence-corrected chi connectivity index (χ3v) is 6.48. The molecule has 0 spiro atoms. The van der Waals surface area contributed by atoms with Crippen LogP contribution in [0.15, 0.2) is 33.6 Å². The Balaban J connectivity index is 1.89. The van der Waals surface area contributed by atoms with Gasteiger partial charge in [0, 0.05) is 21.5 Å². The fourth-order valence-corrected chi connectivity index (χ4v) is 4.38. The Bertz CT molecular complexity index is 1070. The van der Waals surface area contributed by atoms with E-state index in [1.807, 2.05) is 39.0 Å². The molecule has 1 aromatic carbocycles. The molecule has 30 heavy (non-hydrogen) atoms. The monoisotopic (exact) mass is 490 g/mol. The average Bonchev–Trinajstić information content (AvgIpc) is 3.07. The number of imide groups is 1. The average molecular weight is 491 g/mol. The molecule has 2 aromatic rings. The van der Waals surface area contributed by atoms with Crippen molar-refractivity contribution in [2.24, 2.45) is 0 Å². The molecule has 158 valence electrons. The largest absolute Gasteiger partial charge is 0.462 e. The number of ether oxygens (including phenoxy) is 1. The third kappa shape index (κ3) is 4.54. The Hall–Kier alpha value is -2.32. The number of hydrogen-bond acceptors (Lipinski definition) is 5. The summed E-state index contributed by atoms with van der Waals surface area (Å²) in [5.41, 5.74) is 4.97. The summed E-state index contributed by atoms with van der Waals surface area (Å²) in [5.74, 6) is -1.08. The number of amides is 2. The van der Waals surface area contributed by atoms with Crippen molar-refractivity contribution in [1.29, 1.82) is 0 Å². The first-order valence-electron chi connectivity index (χ1n) is 9.48. The minimum Gasteiger partial charge on any atom is -0.462 e. The molecule has 0 radical (unpaired) electrons. The van der Waals surface area contributed by atoms with Gasteiger partial charge in [0.2, 0.25) is 0 Å². The van der Waals surface area contributed by atoms with E-state index in [4.69, 9.17) is 4.74 Å². The van der Waals surface area contributed by atoms with E-state index in [-0.39, 0.29) is 12.6 Å². The van der Waals surface area contributed by atoms with Gasteiger partial charge >= 0.3 is 5.97 Å². The van der Waals surface area contributed by atoms with Crippen LogP contribution in [0.25, 0.3) is 11.8 Å². The van der Waals surface area contributed by atoms with Crippen LogP contribution < -0.4 is 0 Å². The summed E-state index contributed by atoms with van der Waals surface area (Å²) in [6.07, 6.45) is 1.41. The second kappa shape index (κ2) is 8.81. The standard InChI is InChI=1S/C22H23BrN2O4S/c1-12(2)29-20(26)11-24-21(27)19(30-22(24)28)10-16-9-14(4)25(15(16)5)17-6-7-18(23)13(3)8-17/h6-10,12H,11H2,1-5H3/b19-10+. The predicted molar refractivity (Wildman–Crippen MR) is 122 cm³/mol. The molecule has 1 aliphatic rings. The van der Waals surface area contributed by atoms with Crippen molar-refractivity contribution in [3.8, 4) is 5.69 Å². The van der Waals surface area contributed by atoms with Gasteiger partial charge in [0.05, 0.1) is 11.0 Å². The number of carbonyl (C=O) groups is 3. The van der Waals surface area contributed by atoms with Crippen LogP contribution in [0.5, 0.6) is 0 Å². The van der Waals surface area contributed by atoms with Crippen molar-refractivity contribution in [2.45, 2.75) is 40.7 Å². The van der Waals surface area contributed by atoms with E-state index in [9.17, 15) is 14.4 Å². The second-order valence-electron chi connectivity index (χ2n) is 7.40. The molecule has 1 saturated heterocycles. The molecule has 3 rings (SSSR count). The minimum atomic E-state index is -0.600. The number of thioether (sulfide) groups is 1. The summed E-state index contributed by atoms with van der Waals surface area (Å²) < 4.78 is 8.19. The highest BCUT2D eigenvalue weighted by Crippen LogP contribution is 2.34. The van der Waals surface area contributed by atoms with E-state index >= 15 is 0 Å². The summed E-state index contributed by atoms with van der Waals surface area (Å²) in [6, 6.07) is 8.09. The summed E-state index contributed by atoms with van der Waals surface area (Å²) in [5, 5.41) is -0.468. The predicted octanol–water partition coefficient (Wildman–Crippen LogP) is 5.15. The lowest BCUT2D eigenvalue weighted by molar-refractivity contribution is -0.149. The first-order valence-corrected chi connectivity index (χ1v) is 11.1. The van der Waals surface area contributed by atoms with Crippen LogP contribution in [0.1, 0.15) is 36.4 Å². The van der Waals surface area contributed by atoms with E-state index in [2.05, 4.69) is 26.6 Å². The highest BCUT2D eigenvalue weighted by molar-refractivity contribution is 9.10. The lowest BCUT2D eigenvalue weighted by atomic mass is 10.2. The van der Waals surface area contributed by atoms with Crippen LogP contribution in [0.2, 0.25) is 0 Å². The first kappa shape index (κ1) is 22.4. The van der Waals surface area contributed by atoms with Gasteiger partial charge in [0.1, 0.15) is 6.54 Å². The Morgan fingerprint density at radius 2 is 1.90 bits per heavy atom. The molecule has 0 atom stereocenters. The lowest BCUT2D eigenvalue weighted by Crippen LogP contribution is -2.35. The van der Waals surface area contributed by atoms with Gasteiger partial charge in [-0.15, -0.1) is 0 Å². The SMILES string of the molecule is Cc1cc(-n2c(C)cc(/C=C3/SC(=O)N(CC(=O)OC(C)C)C3=O)c2C)ccc1Br. The van der Waals surface area contributed by atoms with Crippen molar-refractivity contribution in [1.82, 2.24) is 9.47 Å². The van der Waals surface area contributed by atoms with E-state index in [1.54, 1.807) is 19.9 Å². The van der Waals surface area contributed by atoms with Crippen LogP contribution in [0.4, 0.5) is 4.79 Å². The zero-order valence-electron chi connectivity index (χ0n) is 17.5. The second-order valence-corrected chi connectivity index (χ2v) is 9.25. The van der Waals surface area contributed by atoms with Gasteiger partial charge in [-0.05, 0) is 87.8 Å². The number of nitrogens with zero attached hydrogens (tertiary/aromatic N) is 2. The van der Waals surface area contributed by atoms with Crippen molar-refractivity contribution in [2.75, 3.05) is 6.54 Å². The topological polar surface area (TPSA) is 68.6 Å². The molecule has 0 unspecified atom stereocenters. The summed E-state index contributed by atoms with van der Waals surface area (Å²) in [7, 11) is 0. The molecule has 0 aliphatic carbocycles. The molecule has 1 aliphatic heterocycles. The van der Waals surface area contributed by atoms with Crippen molar-refractivity contribution >= 4 is 50.9 Å². The van der Waals surface area contributed by atoms with Gasteiger partial charge in [0.15, 0.2) is 0 Å². The van der Waals surface area contributed by atoms with Crippen molar-refractivity contribution in [3.63, 3.8) is 0 Å². The van der Waals surface area contributed by atoms with Crippen LogP contribution in [-0.2, 0) is 14.3 Å². The van der Waals surface area contributed by atoms with Crippen LogP contribution in [-0.4, -0.2) is 39.2 Å².